The monoisotopic (exact) mass is 225 g/mol. The van der Waals surface area contributed by atoms with Gasteiger partial charge in [0.1, 0.15) is 10.8 Å². The molecule has 1 aromatic carbocycles. The molecule has 1 N–H and O–H groups in total. The van der Waals surface area contributed by atoms with Gasteiger partial charge in [-0.25, -0.2) is 0 Å². The molecule has 3 nitrogen and oxygen atoms in total. The molecule has 0 atom stereocenters. The number of hydrogen-bond acceptors (Lipinski definition) is 2. The Morgan fingerprint density at radius 1 is 1.40 bits per heavy atom. The first-order valence-corrected chi connectivity index (χ1v) is 4.82. The van der Waals surface area contributed by atoms with E-state index in [9.17, 15) is 4.79 Å². The highest BCUT2D eigenvalue weighted by Gasteiger charge is 2.05. The van der Waals surface area contributed by atoms with Gasteiger partial charge in [-0.15, -0.1) is 0 Å². The van der Waals surface area contributed by atoms with Gasteiger partial charge in [0.2, 0.25) is 0 Å². The third kappa shape index (κ3) is 3.29. The van der Waals surface area contributed by atoms with Crippen LogP contribution in [0.4, 0.5) is 5.69 Å². The maximum atomic E-state index is 11.4. The number of ether oxygens (including phenoxy) is 1. The summed E-state index contributed by atoms with van der Waals surface area (Å²) in [5.41, 5.74) is 0.681. The Morgan fingerprint density at radius 3 is 2.47 bits per heavy atom. The van der Waals surface area contributed by atoms with Gasteiger partial charge in [-0.3, -0.25) is 4.79 Å². The number of carbonyl (C=O) groups is 1. The first-order chi connectivity index (χ1) is 7.17. The summed E-state index contributed by atoms with van der Waals surface area (Å²) in [5.74, 6) is 0.425. The lowest BCUT2D eigenvalue weighted by Crippen LogP contribution is -2.11. The number of rotatable bonds is 3. The number of hydrogen-bond donors (Lipinski definition) is 1. The van der Waals surface area contributed by atoms with Gasteiger partial charge >= 0.3 is 0 Å². The Kier molecular flexibility index (Phi) is 4.18. The summed E-state index contributed by atoms with van der Waals surface area (Å²) < 4.78 is 4.99. The van der Waals surface area contributed by atoms with E-state index in [0.717, 1.165) is 5.75 Å². The molecule has 0 aliphatic carbocycles. The van der Waals surface area contributed by atoms with E-state index in [1.165, 1.54) is 0 Å². The number of carbonyl (C=O) groups excluding carboxylic acids is 1. The maximum Gasteiger partial charge on any atom is 0.266 e. The largest absolute Gasteiger partial charge is 0.497 e. The summed E-state index contributed by atoms with van der Waals surface area (Å²) in [7, 11) is 1.59. The summed E-state index contributed by atoms with van der Waals surface area (Å²) in [6.07, 6.45) is 1.54. The minimum atomic E-state index is -0.315. The molecular weight excluding hydrogens is 214 g/mol. The van der Waals surface area contributed by atoms with Crippen LogP contribution in [-0.4, -0.2) is 13.0 Å². The molecule has 4 heteroatoms. The Labute approximate surface area is 93.7 Å². The number of methoxy groups -OCH3 is 1. The van der Waals surface area contributed by atoms with Crippen LogP contribution in [0.2, 0.25) is 0 Å². The van der Waals surface area contributed by atoms with E-state index in [0.29, 0.717) is 5.69 Å². The fourth-order valence-corrected chi connectivity index (χ4v) is 1.04. The molecule has 0 unspecified atom stereocenters. The van der Waals surface area contributed by atoms with Crippen LogP contribution in [0.5, 0.6) is 5.75 Å². The molecule has 0 heterocycles. The zero-order valence-corrected chi connectivity index (χ0v) is 9.34. The Morgan fingerprint density at radius 2 is 2.00 bits per heavy atom. The molecule has 0 bridgehead atoms. The second-order valence-corrected chi connectivity index (χ2v) is 3.23. The zero-order valence-electron chi connectivity index (χ0n) is 8.58. The molecule has 0 aliphatic heterocycles. The molecular formula is C11H12ClNO2. The van der Waals surface area contributed by atoms with E-state index in [1.54, 1.807) is 44.4 Å². The summed E-state index contributed by atoms with van der Waals surface area (Å²) in [4.78, 5) is 11.4. The second-order valence-electron chi connectivity index (χ2n) is 2.82. The number of allylic oxidation sites excluding steroid dienone is 1. The lowest BCUT2D eigenvalue weighted by atomic mass is 10.3. The van der Waals surface area contributed by atoms with Crippen molar-refractivity contribution in [3.8, 4) is 5.75 Å². The molecule has 1 aromatic rings. The molecule has 0 saturated carbocycles. The molecule has 0 aromatic heterocycles. The standard InChI is InChI=1S/C11H12ClNO2/c1-3-10(12)11(14)13-8-4-6-9(15-2)7-5-8/h3-7H,1-2H3,(H,13,14). The number of nitrogens with one attached hydrogen (secondary N) is 1. The van der Waals surface area contributed by atoms with Crippen molar-refractivity contribution in [1.29, 1.82) is 0 Å². The minimum Gasteiger partial charge on any atom is -0.497 e. The van der Waals surface area contributed by atoms with Gasteiger partial charge in [0.15, 0.2) is 0 Å². The fourth-order valence-electron chi connectivity index (χ4n) is 0.996. The lowest BCUT2D eigenvalue weighted by Gasteiger charge is -2.05. The van der Waals surface area contributed by atoms with Crippen LogP contribution in [0.25, 0.3) is 0 Å². The van der Waals surface area contributed by atoms with Gasteiger partial charge in [-0.05, 0) is 31.2 Å². The Balaban J connectivity index is 2.69. The van der Waals surface area contributed by atoms with E-state index in [1.807, 2.05) is 0 Å². The highest BCUT2D eigenvalue weighted by atomic mass is 35.5. The fraction of sp³-hybridized carbons (Fsp3) is 0.182. The maximum absolute atomic E-state index is 11.4. The van der Waals surface area contributed by atoms with Gasteiger partial charge in [0, 0.05) is 5.69 Å². The van der Waals surface area contributed by atoms with Gasteiger partial charge in [-0.1, -0.05) is 17.7 Å². The van der Waals surface area contributed by atoms with Crippen LogP contribution in [0.1, 0.15) is 6.92 Å². The number of benzene rings is 1. The van der Waals surface area contributed by atoms with Crippen LogP contribution < -0.4 is 10.1 Å². The highest BCUT2D eigenvalue weighted by molar-refractivity contribution is 6.43. The van der Waals surface area contributed by atoms with Crippen LogP contribution in [0.15, 0.2) is 35.4 Å². The van der Waals surface area contributed by atoms with E-state index in [2.05, 4.69) is 5.32 Å². The van der Waals surface area contributed by atoms with Crippen molar-refractivity contribution in [2.45, 2.75) is 6.92 Å². The molecule has 0 radical (unpaired) electrons. The molecule has 1 rings (SSSR count). The van der Waals surface area contributed by atoms with E-state index >= 15 is 0 Å². The van der Waals surface area contributed by atoms with E-state index in [-0.39, 0.29) is 10.9 Å². The summed E-state index contributed by atoms with van der Waals surface area (Å²) in [5, 5.41) is 2.82. The molecule has 0 spiro atoms. The average molecular weight is 226 g/mol. The molecule has 80 valence electrons. The van der Waals surface area contributed by atoms with Gasteiger partial charge in [0.25, 0.3) is 5.91 Å². The Hall–Kier alpha value is -1.48. The van der Waals surface area contributed by atoms with Crippen molar-refractivity contribution >= 4 is 23.2 Å². The number of halogens is 1. The molecule has 1 amide bonds. The molecule has 15 heavy (non-hydrogen) atoms. The minimum absolute atomic E-state index is 0.172. The van der Waals surface area contributed by atoms with E-state index in [4.69, 9.17) is 16.3 Å². The third-order valence-corrected chi connectivity index (χ3v) is 2.21. The SMILES string of the molecule is CC=C(Cl)C(=O)Nc1ccc(OC)cc1. The summed E-state index contributed by atoms with van der Waals surface area (Å²) in [6.45, 7) is 1.70. The third-order valence-electron chi connectivity index (χ3n) is 1.82. The quantitative estimate of drug-likeness (QED) is 0.804. The predicted octanol–water partition coefficient (Wildman–Crippen LogP) is 2.78. The van der Waals surface area contributed by atoms with Crippen molar-refractivity contribution in [2.75, 3.05) is 12.4 Å². The normalized spacial score (nSPS) is 11.0. The van der Waals surface area contributed by atoms with Gasteiger partial charge in [0.05, 0.1) is 7.11 Å². The van der Waals surface area contributed by atoms with Crippen LogP contribution in [0, 0.1) is 0 Å². The number of anilines is 1. The van der Waals surface area contributed by atoms with Gasteiger partial charge < -0.3 is 10.1 Å². The predicted molar refractivity (Wildman–Crippen MR) is 61.2 cm³/mol. The zero-order chi connectivity index (χ0) is 11.3. The molecule has 0 fully saturated rings. The summed E-state index contributed by atoms with van der Waals surface area (Å²) >= 11 is 5.65. The smallest absolute Gasteiger partial charge is 0.266 e. The summed E-state index contributed by atoms with van der Waals surface area (Å²) in [6, 6.07) is 7.02. The van der Waals surface area contributed by atoms with Crippen LogP contribution in [0.3, 0.4) is 0 Å². The van der Waals surface area contributed by atoms with Gasteiger partial charge in [-0.2, -0.15) is 0 Å². The van der Waals surface area contributed by atoms with Crippen LogP contribution >= 0.6 is 11.6 Å². The first kappa shape index (κ1) is 11.6. The van der Waals surface area contributed by atoms with Crippen molar-refractivity contribution in [3.63, 3.8) is 0 Å². The average Bonchev–Trinajstić information content (AvgIpc) is 2.29. The Bertz CT molecular complexity index is 371. The number of amides is 1. The lowest BCUT2D eigenvalue weighted by molar-refractivity contribution is -0.112. The molecule has 0 saturated heterocycles. The van der Waals surface area contributed by atoms with Crippen molar-refractivity contribution in [3.05, 3.63) is 35.4 Å². The van der Waals surface area contributed by atoms with Crippen molar-refractivity contribution < 1.29 is 9.53 Å². The first-order valence-electron chi connectivity index (χ1n) is 4.44. The van der Waals surface area contributed by atoms with Crippen molar-refractivity contribution in [2.24, 2.45) is 0 Å². The second kappa shape index (κ2) is 5.41. The van der Waals surface area contributed by atoms with Crippen molar-refractivity contribution in [1.82, 2.24) is 0 Å². The topological polar surface area (TPSA) is 38.3 Å². The molecule has 0 aliphatic rings. The van der Waals surface area contributed by atoms with Crippen LogP contribution in [-0.2, 0) is 4.79 Å². The highest BCUT2D eigenvalue weighted by Crippen LogP contribution is 2.16. The van der Waals surface area contributed by atoms with E-state index < -0.39 is 0 Å².